The summed E-state index contributed by atoms with van der Waals surface area (Å²) >= 11 is 1.88. The second kappa shape index (κ2) is 3.41. The van der Waals surface area contributed by atoms with Crippen LogP contribution in [0.25, 0.3) is 4.96 Å². The highest BCUT2D eigenvalue weighted by Crippen LogP contribution is 2.48. The van der Waals surface area contributed by atoms with Crippen LogP contribution >= 0.6 is 11.3 Å². The van der Waals surface area contributed by atoms with E-state index >= 15 is 0 Å². The van der Waals surface area contributed by atoms with Crippen LogP contribution in [0.1, 0.15) is 62.5 Å². The van der Waals surface area contributed by atoms with Crippen molar-refractivity contribution < 1.29 is 4.74 Å². The Morgan fingerprint density at radius 2 is 1.84 bits per heavy atom. The predicted molar refractivity (Wildman–Crippen MR) is 76.8 cm³/mol. The maximum atomic E-state index is 6.24. The molecular formula is C15H20N2OS. The maximum absolute atomic E-state index is 6.24. The Morgan fingerprint density at radius 3 is 2.63 bits per heavy atom. The zero-order valence-corrected chi connectivity index (χ0v) is 12.9. The van der Waals surface area contributed by atoms with Crippen LogP contribution < -0.4 is 0 Å². The molecule has 2 aliphatic rings. The number of hydrogen-bond donors (Lipinski definition) is 0. The molecule has 0 amide bonds. The second-order valence-corrected chi connectivity index (χ2v) is 7.79. The Bertz CT molecular complexity index is 678. The average Bonchev–Trinajstić information content (AvgIpc) is 2.86. The summed E-state index contributed by atoms with van der Waals surface area (Å²) < 4.78 is 8.64. The standard InChI is InChI=1S/C15H20N2OS/c1-14(2)11-12(15(3,4)18-14)17-9-7-5-6-8-10(9)19-13(17)16-11/h5-8H2,1-4H3. The minimum Gasteiger partial charge on any atom is -0.357 e. The number of imidazole rings is 1. The Balaban J connectivity index is 2.07. The smallest absolute Gasteiger partial charge is 0.194 e. The van der Waals surface area contributed by atoms with Crippen molar-refractivity contribution in [3.8, 4) is 0 Å². The molecule has 3 nitrogen and oxygen atoms in total. The molecule has 0 fully saturated rings. The number of aromatic nitrogens is 2. The molecule has 19 heavy (non-hydrogen) atoms. The van der Waals surface area contributed by atoms with E-state index in [1.54, 1.807) is 0 Å². The molecule has 0 spiro atoms. The van der Waals surface area contributed by atoms with Gasteiger partial charge in [-0.3, -0.25) is 4.40 Å². The van der Waals surface area contributed by atoms with E-state index in [0.29, 0.717) is 0 Å². The summed E-state index contributed by atoms with van der Waals surface area (Å²) in [5.41, 5.74) is 3.40. The molecule has 0 saturated carbocycles. The summed E-state index contributed by atoms with van der Waals surface area (Å²) in [6.07, 6.45) is 5.04. The first-order chi connectivity index (χ1) is 8.90. The zero-order chi connectivity index (χ0) is 13.4. The fourth-order valence-corrected chi connectivity index (χ4v) is 4.95. The summed E-state index contributed by atoms with van der Waals surface area (Å²) in [7, 11) is 0. The SMILES string of the molecule is CC1(C)OC(C)(C)c2c1nc1sc3c(n21)CCCC3. The van der Waals surface area contributed by atoms with Gasteiger partial charge in [0.25, 0.3) is 0 Å². The highest BCUT2D eigenvalue weighted by molar-refractivity contribution is 7.17. The van der Waals surface area contributed by atoms with E-state index in [-0.39, 0.29) is 11.2 Å². The highest BCUT2D eigenvalue weighted by atomic mass is 32.1. The molecule has 0 aromatic carbocycles. The first kappa shape index (κ1) is 11.9. The summed E-state index contributed by atoms with van der Waals surface area (Å²) in [5, 5.41) is 0. The van der Waals surface area contributed by atoms with E-state index in [0.717, 1.165) is 5.69 Å². The van der Waals surface area contributed by atoms with Crippen molar-refractivity contribution in [3.63, 3.8) is 0 Å². The lowest BCUT2D eigenvalue weighted by Crippen LogP contribution is -2.24. The number of rotatable bonds is 0. The number of thiazole rings is 1. The van der Waals surface area contributed by atoms with Gasteiger partial charge >= 0.3 is 0 Å². The van der Waals surface area contributed by atoms with E-state index in [9.17, 15) is 0 Å². The minimum atomic E-state index is -0.272. The summed E-state index contributed by atoms with van der Waals surface area (Å²) in [4.78, 5) is 7.61. The van der Waals surface area contributed by atoms with Crippen LogP contribution in [0.5, 0.6) is 0 Å². The van der Waals surface area contributed by atoms with Crippen molar-refractivity contribution in [2.24, 2.45) is 0 Å². The number of nitrogens with zero attached hydrogens (tertiary/aromatic N) is 2. The van der Waals surface area contributed by atoms with E-state index in [1.807, 2.05) is 11.3 Å². The lowest BCUT2D eigenvalue weighted by atomic mass is 9.99. The molecule has 0 saturated heterocycles. The van der Waals surface area contributed by atoms with Crippen LogP contribution in [0.2, 0.25) is 0 Å². The Hall–Kier alpha value is -0.870. The number of ether oxygens (including phenoxy) is 1. The van der Waals surface area contributed by atoms with Gasteiger partial charge in [0, 0.05) is 10.6 Å². The van der Waals surface area contributed by atoms with E-state index in [1.165, 1.54) is 46.9 Å². The zero-order valence-electron chi connectivity index (χ0n) is 12.0. The van der Waals surface area contributed by atoms with E-state index in [2.05, 4.69) is 32.1 Å². The molecule has 0 bridgehead atoms. The van der Waals surface area contributed by atoms with Crippen molar-refractivity contribution in [2.75, 3.05) is 0 Å². The quantitative estimate of drug-likeness (QED) is 0.732. The third-order valence-corrected chi connectivity index (χ3v) is 5.51. The lowest BCUT2D eigenvalue weighted by molar-refractivity contribution is -0.108. The molecule has 1 aliphatic heterocycles. The predicted octanol–water partition coefficient (Wildman–Crippen LogP) is 3.78. The van der Waals surface area contributed by atoms with Gasteiger partial charge in [-0.2, -0.15) is 0 Å². The summed E-state index contributed by atoms with van der Waals surface area (Å²) in [6.45, 7) is 8.59. The van der Waals surface area contributed by atoms with Gasteiger partial charge in [0.2, 0.25) is 0 Å². The van der Waals surface area contributed by atoms with E-state index in [4.69, 9.17) is 9.72 Å². The van der Waals surface area contributed by atoms with Gasteiger partial charge in [-0.05, 0) is 53.4 Å². The van der Waals surface area contributed by atoms with Gasteiger partial charge in [0.05, 0.1) is 11.4 Å². The molecule has 2 aromatic heterocycles. The first-order valence-corrected chi connectivity index (χ1v) is 7.96. The Labute approximate surface area is 117 Å². The molecule has 0 atom stereocenters. The molecular weight excluding hydrogens is 256 g/mol. The normalized spacial score (nSPS) is 23.6. The second-order valence-electron chi connectivity index (χ2n) is 6.73. The van der Waals surface area contributed by atoms with Crippen molar-refractivity contribution in [1.82, 2.24) is 9.38 Å². The highest BCUT2D eigenvalue weighted by Gasteiger charge is 2.48. The van der Waals surface area contributed by atoms with Gasteiger partial charge in [-0.25, -0.2) is 4.98 Å². The van der Waals surface area contributed by atoms with Crippen molar-refractivity contribution >= 4 is 16.3 Å². The van der Waals surface area contributed by atoms with Crippen LogP contribution in [0.15, 0.2) is 0 Å². The van der Waals surface area contributed by atoms with Crippen molar-refractivity contribution in [2.45, 2.75) is 64.6 Å². The fourth-order valence-electron chi connectivity index (χ4n) is 3.75. The van der Waals surface area contributed by atoms with Crippen LogP contribution in [0.3, 0.4) is 0 Å². The van der Waals surface area contributed by atoms with Crippen LogP contribution in [-0.2, 0) is 28.8 Å². The lowest BCUT2D eigenvalue weighted by Gasteiger charge is -2.25. The molecule has 0 N–H and O–H groups in total. The van der Waals surface area contributed by atoms with Gasteiger partial charge < -0.3 is 4.74 Å². The van der Waals surface area contributed by atoms with Crippen LogP contribution in [0, 0.1) is 0 Å². The molecule has 4 rings (SSSR count). The van der Waals surface area contributed by atoms with Crippen LogP contribution in [-0.4, -0.2) is 9.38 Å². The van der Waals surface area contributed by atoms with Gasteiger partial charge in [-0.1, -0.05) is 0 Å². The molecule has 102 valence electrons. The maximum Gasteiger partial charge on any atom is 0.194 e. The third kappa shape index (κ3) is 1.44. The number of aryl methyl sites for hydroxylation is 2. The van der Waals surface area contributed by atoms with Crippen molar-refractivity contribution in [1.29, 1.82) is 0 Å². The molecule has 0 radical (unpaired) electrons. The Kier molecular flexibility index (Phi) is 2.14. The average molecular weight is 276 g/mol. The van der Waals surface area contributed by atoms with Gasteiger partial charge in [0.15, 0.2) is 4.96 Å². The number of hydrogen-bond acceptors (Lipinski definition) is 3. The van der Waals surface area contributed by atoms with Gasteiger partial charge in [0.1, 0.15) is 11.2 Å². The van der Waals surface area contributed by atoms with E-state index < -0.39 is 0 Å². The minimum absolute atomic E-state index is 0.245. The number of fused-ring (bicyclic) bond motifs is 5. The third-order valence-electron chi connectivity index (χ3n) is 4.37. The molecule has 0 unspecified atom stereocenters. The van der Waals surface area contributed by atoms with Crippen LogP contribution in [0.4, 0.5) is 0 Å². The summed E-state index contributed by atoms with van der Waals surface area (Å²) in [5.74, 6) is 0. The van der Waals surface area contributed by atoms with Crippen molar-refractivity contribution in [3.05, 3.63) is 22.0 Å². The molecule has 4 heteroatoms. The first-order valence-electron chi connectivity index (χ1n) is 7.14. The monoisotopic (exact) mass is 276 g/mol. The summed E-state index contributed by atoms with van der Waals surface area (Å²) in [6, 6.07) is 0. The Morgan fingerprint density at radius 1 is 1.11 bits per heavy atom. The fraction of sp³-hybridized carbons (Fsp3) is 0.667. The topological polar surface area (TPSA) is 26.5 Å². The van der Waals surface area contributed by atoms with Gasteiger partial charge in [-0.15, -0.1) is 11.3 Å². The molecule has 3 heterocycles. The largest absolute Gasteiger partial charge is 0.357 e. The molecule has 2 aromatic rings. The molecule has 1 aliphatic carbocycles.